The number of benzene rings is 2. The van der Waals surface area contributed by atoms with Crippen LogP contribution in [0.25, 0.3) is 0 Å². The number of hydrogen-bond donors (Lipinski definition) is 1. The van der Waals surface area contributed by atoms with Crippen molar-refractivity contribution < 1.29 is 4.74 Å². The van der Waals surface area contributed by atoms with Crippen LogP contribution < -0.4 is 10.1 Å². The Morgan fingerprint density at radius 3 is 2.24 bits per heavy atom. The van der Waals surface area contributed by atoms with Crippen LogP contribution in [0.4, 0.5) is 0 Å². The molecule has 0 heterocycles. The van der Waals surface area contributed by atoms with Gasteiger partial charge in [0.15, 0.2) is 0 Å². The molecule has 0 amide bonds. The fraction of sp³-hybridized carbons (Fsp3) is 0.368. The minimum Gasteiger partial charge on any atom is -0.497 e. The van der Waals surface area contributed by atoms with Crippen molar-refractivity contribution in [3.05, 3.63) is 64.7 Å². The van der Waals surface area contributed by atoms with Gasteiger partial charge in [0.25, 0.3) is 0 Å². The van der Waals surface area contributed by atoms with Crippen molar-refractivity contribution in [2.24, 2.45) is 0 Å². The van der Waals surface area contributed by atoms with E-state index in [1.165, 1.54) is 47.9 Å². The van der Waals surface area contributed by atoms with Crippen molar-refractivity contribution in [1.29, 1.82) is 0 Å². The first-order chi connectivity index (χ1) is 10.3. The van der Waals surface area contributed by atoms with Crippen LogP contribution in [-0.4, -0.2) is 14.2 Å². The maximum atomic E-state index is 5.24. The van der Waals surface area contributed by atoms with E-state index in [0.717, 1.165) is 5.75 Å². The second kappa shape index (κ2) is 6.31. The number of nitrogens with one attached hydrogen (secondary N) is 1. The van der Waals surface area contributed by atoms with Gasteiger partial charge in [-0.3, -0.25) is 0 Å². The van der Waals surface area contributed by atoms with Gasteiger partial charge in [0.2, 0.25) is 0 Å². The van der Waals surface area contributed by atoms with Gasteiger partial charge in [-0.25, -0.2) is 0 Å². The fourth-order valence-electron chi connectivity index (χ4n) is 3.26. The molecule has 0 fully saturated rings. The molecule has 0 radical (unpaired) electrons. The van der Waals surface area contributed by atoms with E-state index in [2.05, 4.69) is 35.6 Å². The first-order valence-corrected chi connectivity index (χ1v) is 7.74. The molecule has 110 valence electrons. The third-order valence-electron chi connectivity index (χ3n) is 4.44. The maximum absolute atomic E-state index is 5.24. The molecule has 0 saturated carbocycles. The van der Waals surface area contributed by atoms with Crippen LogP contribution in [0.1, 0.15) is 41.1 Å². The Morgan fingerprint density at radius 1 is 0.905 bits per heavy atom. The van der Waals surface area contributed by atoms with Crippen LogP contribution in [0.3, 0.4) is 0 Å². The minimum atomic E-state index is 0.239. The average molecular weight is 281 g/mol. The van der Waals surface area contributed by atoms with Crippen LogP contribution in [-0.2, 0) is 12.8 Å². The molecule has 0 aromatic heterocycles. The lowest BCUT2D eigenvalue weighted by Crippen LogP contribution is -2.18. The molecule has 1 atom stereocenters. The van der Waals surface area contributed by atoms with Gasteiger partial charge in [-0.05, 0) is 67.1 Å². The van der Waals surface area contributed by atoms with Gasteiger partial charge in [-0.2, -0.15) is 0 Å². The Bertz CT molecular complexity index is 603. The van der Waals surface area contributed by atoms with Crippen LogP contribution in [0, 0.1) is 0 Å². The van der Waals surface area contributed by atoms with E-state index < -0.39 is 0 Å². The van der Waals surface area contributed by atoms with E-state index in [1.54, 1.807) is 7.11 Å². The van der Waals surface area contributed by atoms with E-state index in [4.69, 9.17) is 4.74 Å². The molecule has 0 spiro atoms. The van der Waals surface area contributed by atoms with Gasteiger partial charge in [-0.1, -0.05) is 30.3 Å². The van der Waals surface area contributed by atoms with Crippen LogP contribution in [0.5, 0.6) is 5.75 Å². The van der Waals surface area contributed by atoms with E-state index >= 15 is 0 Å². The molecule has 2 nitrogen and oxygen atoms in total. The average Bonchev–Trinajstić information content (AvgIpc) is 2.56. The van der Waals surface area contributed by atoms with Crippen LogP contribution in [0.2, 0.25) is 0 Å². The Balaban J connectivity index is 1.91. The molecule has 1 N–H and O–H groups in total. The molecule has 1 unspecified atom stereocenters. The summed E-state index contributed by atoms with van der Waals surface area (Å²) < 4.78 is 5.24. The Hall–Kier alpha value is -1.80. The summed E-state index contributed by atoms with van der Waals surface area (Å²) in [5, 5.41) is 3.44. The second-order valence-electron chi connectivity index (χ2n) is 5.73. The van der Waals surface area contributed by atoms with Gasteiger partial charge >= 0.3 is 0 Å². The lowest BCUT2D eigenvalue weighted by Gasteiger charge is -2.22. The summed E-state index contributed by atoms with van der Waals surface area (Å²) in [5.41, 5.74) is 5.69. The van der Waals surface area contributed by atoms with Crippen molar-refractivity contribution in [2.45, 2.75) is 31.7 Å². The second-order valence-corrected chi connectivity index (χ2v) is 5.73. The molecule has 3 rings (SSSR count). The molecule has 2 aromatic carbocycles. The standard InChI is InChI=1S/C19H23NO/c1-20-19(15-9-11-18(21-2)12-10-15)17-8-7-14-5-3-4-6-16(14)13-17/h7-13,19-20H,3-6H2,1-2H3. The minimum absolute atomic E-state index is 0.239. The predicted molar refractivity (Wildman–Crippen MR) is 87.0 cm³/mol. The Labute approximate surface area is 127 Å². The van der Waals surface area contributed by atoms with Gasteiger partial charge < -0.3 is 10.1 Å². The molecular formula is C19H23NO. The van der Waals surface area contributed by atoms with Crippen molar-refractivity contribution in [3.8, 4) is 5.75 Å². The summed E-state index contributed by atoms with van der Waals surface area (Å²) in [5.74, 6) is 0.902. The van der Waals surface area contributed by atoms with Crippen molar-refractivity contribution in [2.75, 3.05) is 14.2 Å². The molecule has 1 aliphatic carbocycles. The highest BCUT2D eigenvalue weighted by Crippen LogP contribution is 2.28. The number of fused-ring (bicyclic) bond motifs is 1. The van der Waals surface area contributed by atoms with Crippen molar-refractivity contribution >= 4 is 0 Å². The quantitative estimate of drug-likeness (QED) is 0.918. The van der Waals surface area contributed by atoms with Crippen LogP contribution in [0.15, 0.2) is 42.5 Å². The third kappa shape index (κ3) is 2.96. The molecule has 1 aliphatic rings. The number of aryl methyl sites for hydroxylation is 2. The summed E-state index contributed by atoms with van der Waals surface area (Å²) in [6, 6.07) is 15.5. The van der Waals surface area contributed by atoms with Gasteiger partial charge in [0, 0.05) is 0 Å². The highest BCUT2D eigenvalue weighted by molar-refractivity contribution is 5.40. The number of rotatable bonds is 4. The van der Waals surface area contributed by atoms with E-state index in [-0.39, 0.29) is 6.04 Å². The number of ether oxygens (including phenoxy) is 1. The zero-order chi connectivity index (χ0) is 14.7. The lowest BCUT2D eigenvalue weighted by molar-refractivity contribution is 0.414. The normalized spacial score (nSPS) is 15.3. The first kappa shape index (κ1) is 14.2. The van der Waals surface area contributed by atoms with Crippen molar-refractivity contribution in [1.82, 2.24) is 5.32 Å². The smallest absolute Gasteiger partial charge is 0.118 e. The van der Waals surface area contributed by atoms with Crippen LogP contribution >= 0.6 is 0 Å². The first-order valence-electron chi connectivity index (χ1n) is 7.74. The van der Waals surface area contributed by atoms with E-state index in [0.29, 0.717) is 0 Å². The fourth-order valence-corrected chi connectivity index (χ4v) is 3.26. The molecule has 0 bridgehead atoms. The highest BCUT2D eigenvalue weighted by atomic mass is 16.5. The molecule has 0 saturated heterocycles. The molecular weight excluding hydrogens is 258 g/mol. The van der Waals surface area contributed by atoms with Crippen molar-refractivity contribution in [3.63, 3.8) is 0 Å². The number of methoxy groups -OCH3 is 1. The molecule has 2 aromatic rings. The Morgan fingerprint density at radius 2 is 1.57 bits per heavy atom. The lowest BCUT2D eigenvalue weighted by atomic mass is 9.88. The third-order valence-corrected chi connectivity index (χ3v) is 4.44. The maximum Gasteiger partial charge on any atom is 0.118 e. The summed E-state index contributed by atoms with van der Waals surface area (Å²) in [6.07, 6.45) is 5.12. The summed E-state index contributed by atoms with van der Waals surface area (Å²) in [7, 11) is 3.72. The zero-order valence-corrected chi connectivity index (χ0v) is 12.9. The molecule has 0 aliphatic heterocycles. The molecule has 21 heavy (non-hydrogen) atoms. The van der Waals surface area contributed by atoms with E-state index in [9.17, 15) is 0 Å². The summed E-state index contributed by atoms with van der Waals surface area (Å²) >= 11 is 0. The van der Waals surface area contributed by atoms with Gasteiger partial charge in [0.1, 0.15) is 5.75 Å². The zero-order valence-electron chi connectivity index (χ0n) is 12.9. The largest absolute Gasteiger partial charge is 0.497 e. The number of hydrogen-bond acceptors (Lipinski definition) is 2. The SMILES string of the molecule is CNC(c1ccc(OC)cc1)c1ccc2c(c1)CCCC2. The molecule has 2 heteroatoms. The Kier molecular flexibility index (Phi) is 4.26. The topological polar surface area (TPSA) is 21.3 Å². The summed E-state index contributed by atoms with van der Waals surface area (Å²) in [6.45, 7) is 0. The van der Waals surface area contributed by atoms with Gasteiger partial charge in [-0.15, -0.1) is 0 Å². The van der Waals surface area contributed by atoms with Gasteiger partial charge in [0.05, 0.1) is 13.2 Å². The van der Waals surface area contributed by atoms with E-state index in [1.807, 2.05) is 19.2 Å². The monoisotopic (exact) mass is 281 g/mol. The summed E-state index contributed by atoms with van der Waals surface area (Å²) in [4.78, 5) is 0. The highest BCUT2D eigenvalue weighted by Gasteiger charge is 2.15. The predicted octanol–water partition coefficient (Wildman–Crippen LogP) is 3.88.